The minimum absolute atomic E-state index is 0.0925. The number of aryl methyl sites for hydroxylation is 1. The Balaban J connectivity index is 3.04. The lowest BCUT2D eigenvalue weighted by atomic mass is 10.2. The Bertz CT molecular complexity index is 547. The minimum atomic E-state index is -3.78. The SMILES string of the molecule is CC(=S)NC(N)=NS(=O)(=O)c1ccc(C)cc1. The Morgan fingerprint density at radius 1 is 1.35 bits per heavy atom. The number of nitrogens with two attached hydrogens (primary N) is 1. The van der Waals surface area contributed by atoms with Crippen LogP contribution in [0.3, 0.4) is 0 Å². The molecule has 7 heteroatoms. The van der Waals surface area contributed by atoms with Gasteiger partial charge in [-0.2, -0.15) is 8.42 Å². The van der Waals surface area contributed by atoms with E-state index in [0.717, 1.165) is 5.56 Å². The van der Waals surface area contributed by atoms with Gasteiger partial charge in [0.1, 0.15) is 0 Å². The van der Waals surface area contributed by atoms with Crippen LogP contribution in [-0.2, 0) is 10.0 Å². The molecule has 0 spiro atoms. The van der Waals surface area contributed by atoms with Gasteiger partial charge in [0.25, 0.3) is 10.0 Å². The van der Waals surface area contributed by atoms with Gasteiger partial charge in [0.05, 0.1) is 9.88 Å². The molecule has 17 heavy (non-hydrogen) atoms. The van der Waals surface area contributed by atoms with Crippen molar-refractivity contribution in [2.24, 2.45) is 10.1 Å². The fourth-order valence-electron chi connectivity index (χ4n) is 1.10. The molecular weight excluding hydrogens is 258 g/mol. The molecule has 5 nitrogen and oxygen atoms in total. The van der Waals surface area contributed by atoms with Crippen LogP contribution >= 0.6 is 12.2 Å². The van der Waals surface area contributed by atoms with Crippen LogP contribution in [0.2, 0.25) is 0 Å². The summed E-state index contributed by atoms with van der Waals surface area (Å²) in [4.78, 5) is 0.445. The number of benzene rings is 1. The van der Waals surface area contributed by atoms with Crippen molar-refractivity contribution in [1.29, 1.82) is 0 Å². The monoisotopic (exact) mass is 271 g/mol. The normalized spacial score (nSPS) is 12.2. The Labute approximate surface area is 106 Å². The minimum Gasteiger partial charge on any atom is -0.369 e. The van der Waals surface area contributed by atoms with Crippen molar-refractivity contribution in [3.8, 4) is 0 Å². The Morgan fingerprint density at radius 2 is 1.88 bits per heavy atom. The first-order valence-electron chi connectivity index (χ1n) is 4.76. The number of sulfonamides is 1. The van der Waals surface area contributed by atoms with Gasteiger partial charge in [0.15, 0.2) is 0 Å². The van der Waals surface area contributed by atoms with Crippen molar-refractivity contribution in [2.75, 3.05) is 0 Å². The van der Waals surface area contributed by atoms with E-state index in [-0.39, 0.29) is 10.9 Å². The van der Waals surface area contributed by atoms with E-state index in [9.17, 15) is 8.42 Å². The van der Waals surface area contributed by atoms with Crippen LogP contribution in [0.4, 0.5) is 0 Å². The molecule has 0 atom stereocenters. The van der Waals surface area contributed by atoms with Crippen molar-refractivity contribution in [3.05, 3.63) is 29.8 Å². The van der Waals surface area contributed by atoms with Gasteiger partial charge in [-0.05, 0) is 26.0 Å². The van der Waals surface area contributed by atoms with Gasteiger partial charge in [-0.15, -0.1) is 4.40 Å². The Hall–Kier alpha value is -1.47. The van der Waals surface area contributed by atoms with Gasteiger partial charge in [0, 0.05) is 0 Å². The van der Waals surface area contributed by atoms with E-state index in [1.807, 2.05) is 6.92 Å². The van der Waals surface area contributed by atoms with E-state index in [1.54, 1.807) is 19.1 Å². The van der Waals surface area contributed by atoms with Crippen LogP contribution in [0.15, 0.2) is 33.6 Å². The summed E-state index contributed by atoms with van der Waals surface area (Å²) in [5, 5.41) is 2.46. The van der Waals surface area contributed by atoms with E-state index in [0.29, 0.717) is 4.99 Å². The molecule has 0 aliphatic heterocycles. The fraction of sp³-hybridized carbons (Fsp3) is 0.200. The predicted octanol–water partition coefficient (Wildman–Crippen LogP) is 0.935. The average Bonchev–Trinajstić information content (AvgIpc) is 2.15. The molecule has 0 radical (unpaired) electrons. The molecule has 0 saturated heterocycles. The molecule has 1 rings (SSSR count). The van der Waals surface area contributed by atoms with E-state index < -0.39 is 10.0 Å². The van der Waals surface area contributed by atoms with E-state index in [1.165, 1.54) is 12.1 Å². The summed E-state index contributed by atoms with van der Waals surface area (Å²) >= 11 is 4.73. The number of nitrogens with zero attached hydrogens (tertiary/aromatic N) is 1. The molecule has 92 valence electrons. The van der Waals surface area contributed by atoms with E-state index in [2.05, 4.69) is 9.71 Å². The molecule has 0 saturated carbocycles. The lowest BCUT2D eigenvalue weighted by molar-refractivity contribution is 0.598. The van der Waals surface area contributed by atoms with Crippen molar-refractivity contribution in [2.45, 2.75) is 18.7 Å². The molecule has 3 N–H and O–H groups in total. The maximum atomic E-state index is 11.8. The van der Waals surface area contributed by atoms with Crippen LogP contribution in [-0.4, -0.2) is 19.4 Å². The summed E-state index contributed by atoms with van der Waals surface area (Å²) in [5.74, 6) is -0.238. The maximum absolute atomic E-state index is 11.8. The summed E-state index contributed by atoms with van der Waals surface area (Å²) in [5.41, 5.74) is 6.37. The summed E-state index contributed by atoms with van der Waals surface area (Å²) in [6.07, 6.45) is 0. The third-order valence-electron chi connectivity index (χ3n) is 1.84. The molecule has 0 aliphatic carbocycles. The fourth-order valence-corrected chi connectivity index (χ4v) is 2.09. The number of nitrogens with one attached hydrogen (secondary N) is 1. The number of rotatable bonds is 2. The van der Waals surface area contributed by atoms with Crippen molar-refractivity contribution >= 4 is 33.2 Å². The third kappa shape index (κ3) is 4.12. The van der Waals surface area contributed by atoms with Gasteiger partial charge in [-0.1, -0.05) is 29.9 Å². The standard InChI is InChI=1S/C10H13N3O2S2/c1-7-3-5-9(6-4-7)17(14,15)13-10(11)12-8(2)16/h3-6H,1-2H3,(H3,11,12,13,16). The smallest absolute Gasteiger partial charge is 0.285 e. The lowest BCUT2D eigenvalue weighted by Crippen LogP contribution is -2.34. The van der Waals surface area contributed by atoms with Gasteiger partial charge >= 0.3 is 0 Å². The summed E-state index contributed by atoms with van der Waals surface area (Å²) in [6, 6.07) is 6.34. The highest BCUT2D eigenvalue weighted by Crippen LogP contribution is 2.12. The highest BCUT2D eigenvalue weighted by atomic mass is 32.2. The van der Waals surface area contributed by atoms with Crippen LogP contribution in [0.1, 0.15) is 12.5 Å². The number of guanidine groups is 1. The molecule has 0 aliphatic rings. The van der Waals surface area contributed by atoms with Crippen LogP contribution in [0.5, 0.6) is 0 Å². The second-order valence-electron chi connectivity index (χ2n) is 3.45. The number of hydrogen-bond donors (Lipinski definition) is 2. The Morgan fingerprint density at radius 3 is 2.35 bits per heavy atom. The van der Waals surface area contributed by atoms with Crippen LogP contribution in [0, 0.1) is 6.92 Å². The zero-order valence-corrected chi connectivity index (χ0v) is 11.1. The molecule has 1 aromatic rings. The summed E-state index contributed by atoms with van der Waals surface area (Å²) in [6.45, 7) is 3.45. The zero-order chi connectivity index (χ0) is 13.1. The largest absolute Gasteiger partial charge is 0.369 e. The molecule has 0 fully saturated rings. The molecule has 0 bridgehead atoms. The predicted molar refractivity (Wildman–Crippen MR) is 71.4 cm³/mol. The molecule has 0 heterocycles. The van der Waals surface area contributed by atoms with Crippen molar-refractivity contribution in [3.63, 3.8) is 0 Å². The molecule has 0 aromatic heterocycles. The van der Waals surface area contributed by atoms with Crippen molar-refractivity contribution in [1.82, 2.24) is 5.32 Å². The summed E-state index contributed by atoms with van der Waals surface area (Å²) in [7, 11) is -3.78. The average molecular weight is 271 g/mol. The Kier molecular flexibility index (Phi) is 4.19. The van der Waals surface area contributed by atoms with Gasteiger partial charge in [0.2, 0.25) is 5.96 Å². The first-order chi connectivity index (χ1) is 7.81. The van der Waals surface area contributed by atoms with Crippen LogP contribution in [0.25, 0.3) is 0 Å². The second kappa shape index (κ2) is 5.24. The summed E-state index contributed by atoms with van der Waals surface area (Å²) < 4.78 is 27.0. The zero-order valence-electron chi connectivity index (χ0n) is 9.47. The van der Waals surface area contributed by atoms with Gasteiger partial charge in [-0.3, -0.25) is 0 Å². The molecule has 0 unspecified atom stereocenters. The topological polar surface area (TPSA) is 84.5 Å². The highest BCUT2D eigenvalue weighted by Gasteiger charge is 2.13. The van der Waals surface area contributed by atoms with Crippen molar-refractivity contribution < 1.29 is 8.42 Å². The number of hydrogen-bond acceptors (Lipinski definition) is 3. The van der Waals surface area contributed by atoms with Gasteiger partial charge < -0.3 is 11.1 Å². The van der Waals surface area contributed by atoms with E-state index >= 15 is 0 Å². The highest BCUT2D eigenvalue weighted by molar-refractivity contribution is 7.90. The van der Waals surface area contributed by atoms with E-state index in [4.69, 9.17) is 18.0 Å². The number of thiocarbonyl (C=S) groups is 1. The molecular formula is C10H13N3O2S2. The quantitative estimate of drug-likeness (QED) is 0.475. The van der Waals surface area contributed by atoms with Crippen LogP contribution < -0.4 is 11.1 Å². The first kappa shape index (κ1) is 13.6. The lowest BCUT2D eigenvalue weighted by Gasteiger charge is -2.03. The molecule has 1 aromatic carbocycles. The second-order valence-corrected chi connectivity index (χ2v) is 5.66. The third-order valence-corrected chi connectivity index (χ3v) is 3.25. The maximum Gasteiger partial charge on any atom is 0.285 e. The van der Waals surface area contributed by atoms with Gasteiger partial charge in [-0.25, -0.2) is 0 Å². The molecule has 0 amide bonds. The first-order valence-corrected chi connectivity index (χ1v) is 6.61.